The summed E-state index contributed by atoms with van der Waals surface area (Å²) in [4.78, 5) is 43.8. The lowest BCUT2D eigenvalue weighted by Crippen LogP contribution is -2.57. The first kappa shape index (κ1) is 25.2. The number of rotatable bonds is 9. The number of hydrogen-bond acceptors (Lipinski definition) is 7. The molecule has 1 aromatic heterocycles. The Morgan fingerprint density at radius 3 is 2.67 bits per heavy atom. The summed E-state index contributed by atoms with van der Waals surface area (Å²) in [5.74, 6) is -4.13. The molecule has 2 unspecified atom stereocenters. The SMILES string of the molecule is C=CCN(Cn1nnc2ccccc21)C(=O)C1N([C@H](CO)c2ccccc2)C(=O)[C@@H]2[C@@H](C(=O)O)[C@H]3CCC12O3. The highest BCUT2D eigenvalue weighted by atomic mass is 16.5. The molecule has 6 rings (SSSR count). The lowest BCUT2D eigenvalue weighted by Gasteiger charge is -2.39. The minimum atomic E-state index is -1.31. The minimum Gasteiger partial charge on any atom is -0.481 e. The molecule has 0 saturated carbocycles. The van der Waals surface area contributed by atoms with Gasteiger partial charge < -0.3 is 24.7 Å². The van der Waals surface area contributed by atoms with E-state index >= 15 is 0 Å². The molecule has 3 aliphatic rings. The smallest absolute Gasteiger partial charge is 0.310 e. The van der Waals surface area contributed by atoms with Crippen LogP contribution in [0.15, 0.2) is 67.3 Å². The Morgan fingerprint density at radius 2 is 1.95 bits per heavy atom. The van der Waals surface area contributed by atoms with Crippen LogP contribution >= 0.6 is 0 Å². The number of hydrogen-bond donors (Lipinski definition) is 2. The monoisotopic (exact) mass is 531 g/mol. The minimum absolute atomic E-state index is 0.0333. The molecule has 0 aliphatic carbocycles. The number of aliphatic hydroxyl groups excluding tert-OH is 1. The molecule has 2 bridgehead atoms. The number of amides is 2. The van der Waals surface area contributed by atoms with Crippen molar-refractivity contribution in [3.63, 3.8) is 0 Å². The largest absolute Gasteiger partial charge is 0.481 e. The number of carbonyl (C=O) groups excluding carboxylic acids is 2. The van der Waals surface area contributed by atoms with Gasteiger partial charge in [0.05, 0.1) is 36.1 Å². The van der Waals surface area contributed by atoms with E-state index in [1.54, 1.807) is 35.0 Å². The summed E-state index contributed by atoms with van der Waals surface area (Å²) in [7, 11) is 0. The van der Waals surface area contributed by atoms with Crippen LogP contribution in [-0.4, -0.2) is 83.7 Å². The molecule has 4 heterocycles. The number of aromatic nitrogens is 3. The van der Waals surface area contributed by atoms with Crippen molar-refractivity contribution in [3.8, 4) is 0 Å². The van der Waals surface area contributed by atoms with Gasteiger partial charge in [-0.3, -0.25) is 14.4 Å². The van der Waals surface area contributed by atoms with Crippen molar-refractivity contribution in [2.45, 2.75) is 43.3 Å². The van der Waals surface area contributed by atoms with Crippen LogP contribution in [0.2, 0.25) is 0 Å². The van der Waals surface area contributed by atoms with Crippen molar-refractivity contribution >= 4 is 28.8 Å². The van der Waals surface area contributed by atoms with Crippen LogP contribution in [0, 0.1) is 11.8 Å². The van der Waals surface area contributed by atoms with Gasteiger partial charge in [0.2, 0.25) is 11.8 Å². The first-order valence-corrected chi connectivity index (χ1v) is 13.0. The van der Waals surface area contributed by atoms with Gasteiger partial charge in [-0.25, -0.2) is 4.68 Å². The molecule has 2 amide bonds. The number of para-hydroxylation sites is 1. The van der Waals surface area contributed by atoms with E-state index in [0.29, 0.717) is 23.9 Å². The molecule has 202 valence electrons. The second kappa shape index (κ2) is 9.58. The average molecular weight is 532 g/mol. The van der Waals surface area contributed by atoms with Gasteiger partial charge in [0.15, 0.2) is 0 Å². The standard InChI is InChI=1S/C28H29N5O6/c1-2-14-31(16-32-19-11-7-6-10-18(19)29-30-32)26(36)24-28-13-12-21(39-28)22(27(37)38)23(28)25(35)33(24)20(15-34)17-8-4-3-5-9-17/h2-11,20-24,34H,1,12-16H2,(H,37,38)/t20-,21-,22+,23+,24?,28?/m1/s1. The number of carboxylic acid groups (broad SMARTS) is 1. The predicted octanol–water partition coefficient (Wildman–Crippen LogP) is 1.60. The molecule has 3 aliphatic heterocycles. The molecule has 3 saturated heterocycles. The topological polar surface area (TPSA) is 138 Å². The van der Waals surface area contributed by atoms with Crippen LogP contribution in [0.25, 0.3) is 11.0 Å². The maximum atomic E-state index is 14.5. The Hall–Kier alpha value is -4.09. The van der Waals surface area contributed by atoms with E-state index in [4.69, 9.17) is 4.74 Å². The molecule has 2 N–H and O–H groups in total. The van der Waals surface area contributed by atoms with Crippen LogP contribution in [0.1, 0.15) is 24.4 Å². The third kappa shape index (κ3) is 3.75. The lowest BCUT2D eigenvalue weighted by atomic mass is 9.70. The number of carboxylic acids is 1. The van der Waals surface area contributed by atoms with E-state index in [1.165, 1.54) is 9.80 Å². The Kier molecular flexibility index (Phi) is 6.19. The highest BCUT2D eigenvalue weighted by Gasteiger charge is 2.75. The van der Waals surface area contributed by atoms with Crippen molar-refractivity contribution in [2.24, 2.45) is 11.8 Å². The van der Waals surface area contributed by atoms with E-state index in [0.717, 1.165) is 5.52 Å². The first-order chi connectivity index (χ1) is 18.9. The second-order valence-electron chi connectivity index (χ2n) is 10.3. The summed E-state index contributed by atoms with van der Waals surface area (Å²) in [6.07, 6.45) is 1.74. The van der Waals surface area contributed by atoms with Gasteiger partial charge in [-0.2, -0.15) is 0 Å². The highest BCUT2D eigenvalue weighted by Crippen LogP contribution is 2.59. The van der Waals surface area contributed by atoms with Gasteiger partial charge in [0.1, 0.15) is 23.8 Å². The molecule has 6 atom stereocenters. The van der Waals surface area contributed by atoms with Gasteiger partial charge in [-0.15, -0.1) is 11.7 Å². The van der Waals surface area contributed by atoms with Crippen molar-refractivity contribution in [1.29, 1.82) is 0 Å². The summed E-state index contributed by atoms with van der Waals surface area (Å²) >= 11 is 0. The average Bonchev–Trinajstić information content (AvgIpc) is 3.69. The fraction of sp³-hybridized carbons (Fsp3) is 0.393. The molecular weight excluding hydrogens is 502 g/mol. The van der Waals surface area contributed by atoms with Crippen molar-refractivity contribution in [1.82, 2.24) is 24.8 Å². The normalized spacial score (nSPS) is 28.0. The van der Waals surface area contributed by atoms with Gasteiger partial charge in [-0.1, -0.05) is 53.8 Å². The van der Waals surface area contributed by atoms with Crippen LogP contribution < -0.4 is 0 Å². The summed E-state index contributed by atoms with van der Waals surface area (Å²) in [6, 6.07) is 14.3. The van der Waals surface area contributed by atoms with Crippen molar-refractivity contribution < 1.29 is 29.3 Å². The van der Waals surface area contributed by atoms with E-state index < -0.39 is 60.0 Å². The number of nitrogens with zero attached hydrogens (tertiary/aromatic N) is 5. The third-order valence-electron chi connectivity index (χ3n) is 8.34. The number of benzene rings is 2. The number of fused-ring (bicyclic) bond motifs is 2. The van der Waals surface area contributed by atoms with Gasteiger partial charge in [0, 0.05) is 6.54 Å². The summed E-state index contributed by atoms with van der Waals surface area (Å²) in [5, 5.41) is 29.0. The number of ether oxygens (including phenoxy) is 1. The maximum Gasteiger partial charge on any atom is 0.310 e. The number of aliphatic hydroxyl groups is 1. The van der Waals surface area contributed by atoms with Crippen molar-refractivity contribution in [2.75, 3.05) is 13.2 Å². The summed E-state index contributed by atoms with van der Waals surface area (Å²) in [5.41, 5.74) is 0.734. The van der Waals surface area contributed by atoms with Crippen LogP contribution in [-0.2, 0) is 25.8 Å². The zero-order valence-electron chi connectivity index (χ0n) is 21.2. The molecule has 2 aromatic carbocycles. The van der Waals surface area contributed by atoms with Crippen LogP contribution in [0.5, 0.6) is 0 Å². The Balaban J connectivity index is 1.44. The van der Waals surface area contributed by atoms with Gasteiger partial charge in [0.25, 0.3) is 0 Å². The van der Waals surface area contributed by atoms with Gasteiger partial charge in [-0.05, 0) is 30.5 Å². The molecule has 0 radical (unpaired) electrons. The Labute approximate surface area is 224 Å². The van der Waals surface area contributed by atoms with E-state index in [9.17, 15) is 24.6 Å². The van der Waals surface area contributed by atoms with Crippen LogP contribution in [0.3, 0.4) is 0 Å². The van der Waals surface area contributed by atoms with Crippen molar-refractivity contribution in [3.05, 3.63) is 72.8 Å². The quantitative estimate of drug-likeness (QED) is 0.397. The lowest BCUT2D eigenvalue weighted by molar-refractivity contribution is -0.154. The molecule has 3 fully saturated rings. The molecule has 11 heteroatoms. The van der Waals surface area contributed by atoms with E-state index in [1.807, 2.05) is 30.3 Å². The fourth-order valence-electron chi connectivity index (χ4n) is 6.75. The Bertz CT molecular complexity index is 1440. The number of likely N-dealkylation sites (tertiary alicyclic amines) is 1. The van der Waals surface area contributed by atoms with Gasteiger partial charge >= 0.3 is 5.97 Å². The summed E-state index contributed by atoms with van der Waals surface area (Å²) < 4.78 is 7.92. The Morgan fingerprint density at radius 1 is 1.21 bits per heavy atom. The third-order valence-corrected chi connectivity index (χ3v) is 8.34. The molecule has 39 heavy (non-hydrogen) atoms. The van der Waals surface area contributed by atoms with Crippen LogP contribution in [0.4, 0.5) is 0 Å². The van der Waals surface area contributed by atoms with E-state index in [2.05, 4.69) is 16.9 Å². The predicted molar refractivity (Wildman–Crippen MR) is 138 cm³/mol. The van der Waals surface area contributed by atoms with E-state index in [-0.39, 0.29) is 13.2 Å². The molecule has 3 aromatic rings. The summed E-state index contributed by atoms with van der Waals surface area (Å²) in [6.45, 7) is 3.55. The molecule has 11 nitrogen and oxygen atoms in total. The fourth-order valence-corrected chi connectivity index (χ4v) is 6.75. The first-order valence-electron chi connectivity index (χ1n) is 13.0. The molecule has 1 spiro atoms. The maximum absolute atomic E-state index is 14.5. The number of aliphatic carboxylic acids is 1. The zero-order valence-corrected chi connectivity index (χ0v) is 21.2. The number of carbonyl (C=O) groups is 3. The highest BCUT2D eigenvalue weighted by molar-refractivity contribution is 5.98. The second-order valence-corrected chi connectivity index (χ2v) is 10.3. The molecular formula is C28H29N5O6. The zero-order chi connectivity index (χ0) is 27.3.